The van der Waals surface area contributed by atoms with Crippen LogP contribution in [0.4, 0.5) is 10.5 Å². The molecule has 0 radical (unpaired) electrons. The molecule has 0 unspecified atom stereocenters. The molecule has 0 bridgehead atoms. The van der Waals surface area contributed by atoms with Gasteiger partial charge in [0.15, 0.2) is 0 Å². The van der Waals surface area contributed by atoms with Gasteiger partial charge in [0, 0.05) is 23.7 Å². The lowest BCUT2D eigenvalue weighted by Gasteiger charge is -2.29. The summed E-state index contributed by atoms with van der Waals surface area (Å²) in [6, 6.07) is 16.2. The first-order valence-corrected chi connectivity index (χ1v) is 9.11. The Morgan fingerprint density at radius 2 is 1.74 bits per heavy atom. The number of benzene rings is 2. The fraction of sp³-hybridized carbons (Fsp3) is 0.333. The summed E-state index contributed by atoms with van der Waals surface area (Å²) in [5.41, 5.74) is 1.28. The number of methoxy groups -OCH3 is 1. The lowest BCUT2D eigenvalue weighted by molar-refractivity contribution is 0.0712. The fourth-order valence-corrected chi connectivity index (χ4v) is 3.21. The van der Waals surface area contributed by atoms with Crippen LogP contribution in [-0.4, -0.2) is 31.3 Å². The van der Waals surface area contributed by atoms with Crippen molar-refractivity contribution >= 4 is 17.7 Å². The minimum Gasteiger partial charge on any atom is -0.497 e. The standard InChI is InChI=1S/C21H24N2O4/c1-26-18-12-10-15(11-13-18)20(24)22-17-8-5-9-19(14-17)27-21(25)23-16-6-3-2-4-7-16/h2-4,6-7,10-13,17,19H,5,8-9,14H2,1H3,(H,22,24)(H,23,25)/t17-,19+/m1/s1. The largest absolute Gasteiger partial charge is 0.497 e. The predicted octanol–water partition coefficient (Wildman–Crippen LogP) is 3.98. The Kier molecular flexibility index (Phi) is 6.30. The molecule has 1 aliphatic carbocycles. The summed E-state index contributed by atoms with van der Waals surface area (Å²) in [6.07, 6.45) is 2.53. The molecule has 0 heterocycles. The molecule has 142 valence electrons. The van der Waals surface area contributed by atoms with E-state index >= 15 is 0 Å². The second-order valence-corrected chi connectivity index (χ2v) is 6.58. The molecule has 1 aliphatic rings. The molecule has 2 amide bonds. The average molecular weight is 368 g/mol. The molecule has 2 N–H and O–H groups in total. The first-order chi connectivity index (χ1) is 13.1. The number of nitrogens with one attached hydrogen (secondary N) is 2. The van der Waals surface area contributed by atoms with E-state index in [4.69, 9.17) is 9.47 Å². The maximum atomic E-state index is 12.4. The lowest BCUT2D eigenvalue weighted by atomic mass is 9.92. The van der Waals surface area contributed by atoms with Crippen molar-refractivity contribution in [1.82, 2.24) is 5.32 Å². The van der Waals surface area contributed by atoms with Gasteiger partial charge in [-0.15, -0.1) is 0 Å². The molecular weight excluding hydrogens is 344 g/mol. The highest BCUT2D eigenvalue weighted by molar-refractivity contribution is 5.94. The molecule has 0 spiro atoms. The van der Waals surface area contributed by atoms with Crippen molar-refractivity contribution in [3.05, 3.63) is 60.2 Å². The molecule has 2 aromatic rings. The first-order valence-electron chi connectivity index (χ1n) is 9.11. The quantitative estimate of drug-likeness (QED) is 0.837. The normalized spacial score (nSPS) is 19.0. The molecule has 1 fully saturated rings. The van der Waals surface area contributed by atoms with Crippen LogP contribution in [0.15, 0.2) is 54.6 Å². The number of carbonyl (C=O) groups is 2. The van der Waals surface area contributed by atoms with Crippen LogP contribution in [0.5, 0.6) is 5.75 Å². The van der Waals surface area contributed by atoms with Crippen LogP contribution < -0.4 is 15.4 Å². The van der Waals surface area contributed by atoms with Gasteiger partial charge in [-0.2, -0.15) is 0 Å². The van der Waals surface area contributed by atoms with Crippen LogP contribution in [0.3, 0.4) is 0 Å². The summed E-state index contributed by atoms with van der Waals surface area (Å²) >= 11 is 0. The van der Waals surface area contributed by atoms with Gasteiger partial charge in [0.2, 0.25) is 0 Å². The topological polar surface area (TPSA) is 76.7 Å². The van der Waals surface area contributed by atoms with Gasteiger partial charge in [0.1, 0.15) is 11.9 Å². The third-order valence-corrected chi connectivity index (χ3v) is 4.61. The van der Waals surface area contributed by atoms with Crippen molar-refractivity contribution in [2.45, 2.75) is 37.8 Å². The predicted molar refractivity (Wildman–Crippen MR) is 103 cm³/mol. The van der Waals surface area contributed by atoms with Gasteiger partial charge in [0.05, 0.1) is 7.11 Å². The number of hydrogen-bond acceptors (Lipinski definition) is 4. The second-order valence-electron chi connectivity index (χ2n) is 6.58. The summed E-state index contributed by atoms with van der Waals surface area (Å²) in [7, 11) is 1.59. The third kappa shape index (κ3) is 5.48. The molecule has 0 saturated heterocycles. The van der Waals surface area contributed by atoms with E-state index < -0.39 is 6.09 Å². The van der Waals surface area contributed by atoms with Crippen molar-refractivity contribution in [2.75, 3.05) is 12.4 Å². The average Bonchev–Trinajstić information content (AvgIpc) is 2.69. The third-order valence-electron chi connectivity index (χ3n) is 4.61. The van der Waals surface area contributed by atoms with E-state index in [1.165, 1.54) is 0 Å². The number of carbonyl (C=O) groups excluding carboxylic acids is 2. The Bertz CT molecular complexity index is 762. The van der Waals surface area contributed by atoms with Gasteiger partial charge in [-0.3, -0.25) is 10.1 Å². The Morgan fingerprint density at radius 3 is 2.44 bits per heavy atom. The zero-order valence-electron chi connectivity index (χ0n) is 15.3. The van der Waals surface area contributed by atoms with Crippen LogP contribution >= 0.6 is 0 Å². The maximum Gasteiger partial charge on any atom is 0.411 e. The van der Waals surface area contributed by atoms with Crippen molar-refractivity contribution in [3.63, 3.8) is 0 Å². The summed E-state index contributed by atoms with van der Waals surface area (Å²) in [5.74, 6) is 0.583. The Morgan fingerprint density at radius 1 is 1.00 bits per heavy atom. The zero-order chi connectivity index (χ0) is 19.1. The molecule has 3 rings (SSSR count). The van der Waals surface area contributed by atoms with Crippen LogP contribution in [0.2, 0.25) is 0 Å². The Labute approximate surface area is 158 Å². The molecule has 6 heteroatoms. The van der Waals surface area contributed by atoms with Crippen molar-refractivity contribution in [2.24, 2.45) is 0 Å². The number of ether oxygens (including phenoxy) is 2. The summed E-state index contributed by atoms with van der Waals surface area (Å²) in [4.78, 5) is 24.5. The van der Waals surface area contributed by atoms with Crippen LogP contribution in [0, 0.1) is 0 Å². The van der Waals surface area contributed by atoms with Crippen molar-refractivity contribution in [3.8, 4) is 5.75 Å². The second kappa shape index (κ2) is 9.07. The monoisotopic (exact) mass is 368 g/mol. The molecular formula is C21H24N2O4. The van der Waals surface area contributed by atoms with E-state index in [2.05, 4.69) is 10.6 Å². The van der Waals surface area contributed by atoms with E-state index in [0.29, 0.717) is 23.4 Å². The highest BCUT2D eigenvalue weighted by atomic mass is 16.6. The molecule has 27 heavy (non-hydrogen) atoms. The molecule has 2 atom stereocenters. The van der Waals surface area contributed by atoms with E-state index in [-0.39, 0.29) is 18.1 Å². The summed E-state index contributed by atoms with van der Waals surface area (Å²) in [6.45, 7) is 0. The van der Waals surface area contributed by atoms with Gasteiger partial charge in [-0.1, -0.05) is 18.2 Å². The Balaban J connectivity index is 1.49. The first kappa shape index (κ1) is 18.8. The SMILES string of the molecule is COc1ccc(C(=O)N[C@@H]2CCC[C@H](OC(=O)Nc3ccccc3)C2)cc1. The molecule has 6 nitrogen and oxygen atoms in total. The highest BCUT2D eigenvalue weighted by Gasteiger charge is 2.26. The van der Waals surface area contributed by atoms with Crippen LogP contribution in [0.1, 0.15) is 36.0 Å². The molecule has 1 saturated carbocycles. The van der Waals surface area contributed by atoms with Crippen LogP contribution in [-0.2, 0) is 4.74 Å². The minimum atomic E-state index is -0.465. The minimum absolute atomic E-state index is 0.0112. The van der Waals surface area contributed by atoms with E-state index in [1.54, 1.807) is 43.5 Å². The molecule has 0 aliphatic heterocycles. The number of anilines is 1. The van der Waals surface area contributed by atoms with E-state index in [1.807, 2.05) is 18.2 Å². The van der Waals surface area contributed by atoms with E-state index in [0.717, 1.165) is 19.3 Å². The van der Waals surface area contributed by atoms with Crippen molar-refractivity contribution in [1.29, 1.82) is 0 Å². The van der Waals surface area contributed by atoms with Crippen LogP contribution in [0.25, 0.3) is 0 Å². The summed E-state index contributed by atoms with van der Waals surface area (Å²) in [5, 5.41) is 5.76. The van der Waals surface area contributed by atoms with Gasteiger partial charge in [0.25, 0.3) is 5.91 Å². The number of para-hydroxylation sites is 1. The number of hydrogen-bond donors (Lipinski definition) is 2. The zero-order valence-corrected chi connectivity index (χ0v) is 15.3. The summed E-state index contributed by atoms with van der Waals surface area (Å²) < 4.78 is 10.6. The lowest BCUT2D eigenvalue weighted by Crippen LogP contribution is -2.41. The highest BCUT2D eigenvalue weighted by Crippen LogP contribution is 2.22. The smallest absolute Gasteiger partial charge is 0.411 e. The number of rotatable bonds is 5. The maximum absolute atomic E-state index is 12.4. The van der Waals surface area contributed by atoms with E-state index in [9.17, 15) is 9.59 Å². The van der Waals surface area contributed by atoms with Crippen molar-refractivity contribution < 1.29 is 19.1 Å². The van der Waals surface area contributed by atoms with Gasteiger partial charge >= 0.3 is 6.09 Å². The van der Waals surface area contributed by atoms with Gasteiger partial charge in [-0.25, -0.2) is 4.79 Å². The number of amides is 2. The fourth-order valence-electron chi connectivity index (χ4n) is 3.21. The molecule has 2 aromatic carbocycles. The molecule has 0 aromatic heterocycles. The van der Waals surface area contributed by atoms with Gasteiger partial charge < -0.3 is 14.8 Å². The Hall–Kier alpha value is -3.02. The van der Waals surface area contributed by atoms with Gasteiger partial charge in [-0.05, 0) is 55.7 Å².